The first kappa shape index (κ1) is 12.5. The predicted molar refractivity (Wildman–Crippen MR) is 75.5 cm³/mol. The molecule has 4 heteroatoms. The molecule has 102 valence electrons. The van der Waals surface area contributed by atoms with Crippen molar-refractivity contribution < 1.29 is 9.13 Å². The molecular weight excluding hydrogens is 255 g/mol. The van der Waals surface area contributed by atoms with Crippen molar-refractivity contribution in [3.63, 3.8) is 0 Å². The van der Waals surface area contributed by atoms with Crippen LogP contribution in [0.3, 0.4) is 0 Å². The first-order valence-corrected chi connectivity index (χ1v) is 6.40. The lowest BCUT2D eigenvalue weighted by Crippen LogP contribution is -2.07. The zero-order valence-electron chi connectivity index (χ0n) is 11.1. The third-order valence-electron chi connectivity index (χ3n) is 3.39. The minimum absolute atomic E-state index is 0.213. The fourth-order valence-electron chi connectivity index (χ4n) is 2.46. The third kappa shape index (κ3) is 2.09. The highest BCUT2D eigenvalue weighted by Gasteiger charge is 2.23. The molecule has 1 aromatic carbocycles. The summed E-state index contributed by atoms with van der Waals surface area (Å²) in [5, 5.41) is 0. The van der Waals surface area contributed by atoms with Crippen molar-refractivity contribution in [1.82, 2.24) is 9.97 Å². The van der Waals surface area contributed by atoms with Crippen molar-refractivity contribution >= 4 is 0 Å². The van der Waals surface area contributed by atoms with E-state index in [0.29, 0.717) is 5.56 Å². The highest BCUT2D eigenvalue weighted by Crippen LogP contribution is 2.34. The number of methoxy groups -OCH3 is 1. The summed E-state index contributed by atoms with van der Waals surface area (Å²) < 4.78 is 19.6. The van der Waals surface area contributed by atoms with Crippen LogP contribution >= 0.6 is 0 Å². The number of aromatic amines is 2. The summed E-state index contributed by atoms with van der Waals surface area (Å²) in [6.07, 6.45) is 3.67. The molecule has 0 spiro atoms. The first-order valence-electron chi connectivity index (χ1n) is 6.40. The second kappa shape index (κ2) is 5.25. The Kier molecular flexibility index (Phi) is 3.29. The normalized spacial score (nSPS) is 10.9. The molecule has 3 rings (SSSR count). The molecule has 0 amide bonds. The Hall–Kier alpha value is -2.49. The second-order valence-electron chi connectivity index (χ2n) is 4.55. The monoisotopic (exact) mass is 270 g/mol. The van der Waals surface area contributed by atoms with Crippen LogP contribution in [0.2, 0.25) is 0 Å². The van der Waals surface area contributed by atoms with E-state index in [0.717, 1.165) is 11.4 Å². The zero-order chi connectivity index (χ0) is 13.9. The number of benzene rings is 1. The Balaban J connectivity index is 2.16. The first-order chi connectivity index (χ1) is 9.81. The molecule has 3 nitrogen and oxygen atoms in total. The highest BCUT2D eigenvalue weighted by atomic mass is 19.1. The van der Waals surface area contributed by atoms with E-state index < -0.39 is 0 Å². The minimum atomic E-state index is -0.329. The van der Waals surface area contributed by atoms with Crippen LogP contribution in [0.4, 0.5) is 4.39 Å². The molecule has 0 saturated heterocycles. The summed E-state index contributed by atoms with van der Waals surface area (Å²) in [6.45, 7) is 0. The van der Waals surface area contributed by atoms with Crippen LogP contribution in [0.5, 0.6) is 5.75 Å². The Morgan fingerprint density at radius 2 is 1.60 bits per heavy atom. The van der Waals surface area contributed by atoms with Crippen LogP contribution in [0, 0.1) is 5.82 Å². The number of aromatic nitrogens is 2. The maximum absolute atomic E-state index is 14.6. The van der Waals surface area contributed by atoms with Gasteiger partial charge in [-0.3, -0.25) is 0 Å². The van der Waals surface area contributed by atoms with Gasteiger partial charge in [-0.2, -0.15) is 0 Å². The fourth-order valence-corrected chi connectivity index (χ4v) is 2.46. The fraction of sp³-hybridized carbons (Fsp3) is 0.125. The van der Waals surface area contributed by atoms with Gasteiger partial charge in [-0.15, -0.1) is 0 Å². The standard InChI is InChI=1S/C16H15FN2O/c1-20-14-8-2-5-11(16(14)17)15(12-6-3-9-18-12)13-7-4-10-19-13/h2-10,15,18-19H,1H3. The number of hydrogen-bond donors (Lipinski definition) is 2. The van der Waals surface area contributed by atoms with Crippen molar-refractivity contribution in [1.29, 1.82) is 0 Å². The molecule has 20 heavy (non-hydrogen) atoms. The number of nitrogens with one attached hydrogen (secondary N) is 2. The van der Waals surface area contributed by atoms with Gasteiger partial charge in [0.05, 0.1) is 13.0 Å². The van der Waals surface area contributed by atoms with Gasteiger partial charge in [0.2, 0.25) is 0 Å². The van der Waals surface area contributed by atoms with E-state index in [2.05, 4.69) is 9.97 Å². The van der Waals surface area contributed by atoms with Gasteiger partial charge in [0.1, 0.15) is 0 Å². The number of H-pyrrole nitrogens is 2. The van der Waals surface area contributed by atoms with Crippen molar-refractivity contribution in [3.05, 3.63) is 77.6 Å². The smallest absolute Gasteiger partial charge is 0.169 e. The number of halogens is 1. The molecule has 0 aliphatic carbocycles. The van der Waals surface area contributed by atoms with Crippen LogP contribution in [0.1, 0.15) is 22.9 Å². The Morgan fingerprint density at radius 1 is 0.950 bits per heavy atom. The van der Waals surface area contributed by atoms with Gasteiger partial charge in [-0.1, -0.05) is 12.1 Å². The lowest BCUT2D eigenvalue weighted by Gasteiger charge is -2.17. The van der Waals surface area contributed by atoms with E-state index in [9.17, 15) is 4.39 Å². The minimum Gasteiger partial charge on any atom is -0.494 e. The summed E-state index contributed by atoms with van der Waals surface area (Å²) in [7, 11) is 1.47. The molecule has 0 aliphatic heterocycles. The third-order valence-corrected chi connectivity index (χ3v) is 3.39. The van der Waals surface area contributed by atoms with Crippen LogP contribution in [-0.2, 0) is 0 Å². The molecule has 0 fully saturated rings. The summed E-state index contributed by atoms with van der Waals surface area (Å²) in [4.78, 5) is 6.32. The highest BCUT2D eigenvalue weighted by molar-refractivity contribution is 5.42. The van der Waals surface area contributed by atoms with Crippen molar-refractivity contribution in [2.75, 3.05) is 7.11 Å². The molecular formula is C16H15FN2O. The average molecular weight is 270 g/mol. The maximum Gasteiger partial charge on any atom is 0.169 e. The predicted octanol–water partition coefficient (Wildman–Crippen LogP) is 3.67. The Morgan fingerprint density at radius 3 is 2.10 bits per heavy atom. The van der Waals surface area contributed by atoms with E-state index >= 15 is 0 Å². The number of rotatable bonds is 4. The summed E-state index contributed by atoms with van der Waals surface area (Å²) in [5.74, 6) is -0.287. The topological polar surface area (TPSA) is 40.8 Å². The molecule has 0 unspecified atom stereocenters. The van der Waals surface area contributed by atoms with Gasteiger partial charge < -0.3 is 14.7 Å². The molecule has 2 heterocycles. The molecule has 3 aromatic rings. The van der Waals surface area contributed by atoms with E-state index in [1.807, 2.05) is 36.7 Å². The van der Waals surface area contributed by atoms with Gasteiger partial charge >= 0.3 is 0 Å². The maximum atomic E-state index is 14.6. The van der Waals surface area contributed by atoms with E-state index in [1.54, 1.807) is 18.2 Å². The second-order valence-corrected chi connectivity index (χ2v) is 4.55. The largest absolute Gasteiger partial charge is 0.494 e. The summed E-state index contributed by atoms with van der Waals surface area (Å²) >= 11 is 0. The van der Waals surface area contributed by atoms with Crippen molar-refractivity contribution in [2.45, 2.75) is 5.92 Å². The molecule has 0 atom stereocenters. The van der Waals surface area contributed by atoms with Gasteiger partial charge in [0.25, 0.3) is 0 Å². The lowest BCUT2D eigenvalue weighted by atomic mass is 9.92. The van der Waals surface area contributed by atoms with Gasteiger partial charge in [-0.25, -0.2) is 4.39 Å². The number of hydrogen-bond acceptors (Lipinski definition) is 1. The van der Waals surface area contributed by atoms with Crippen LogP contribution in [0.25, 0.3) is 0 Å². The van der Waals surface area contributed by atoms with E-state index in [4.69, 9.17) is 4.74 Å². The average Bonchev–Trinajstić information content (AvgIpc) is 3.15. The van der Waals surface area contributed by atoms with E-state index in [-0.39, 0.29) is 17.5 Å². The molecule has 0 saturated carbocycles. The zero-order valence-corrected chi connectivity index (χ0v) is 11.1. The lowest BCUT2D eigenvalue weighted by molar-refractivity contribution is 0.383. The molecule has 2 N–H and O–H groups in total. The summed E-state index contributed by atoms with van der Waals surface area (Å²) in [6, 6.07) is 12.9. The van der Waals surface area contributed by atoms with Crippen molar-refractivity contribution in [2.24, 2.45) is 0 Å². The van der Waals surface area contributed by atoms with Crippen LogP contribution in [0.15, 0.2) is 54.9 Å². The van der Waals surface area contributed by atoms with Crippen molar-refractivity contribution in [3.8, 4) is 5.75 Å². The quantitative estimate of drug-likeness (QED) is 0.746. The number of ether oxygens (including phenoxy) is 1. The van der Waals surface area contributed by atoms with Gasteiger partial charge in [-0.05, 0) is 30.3 Å². The molecule has 0 aliphatic rings. The SMILES string of the molecule is COc1cccc(C(c2ccc[nH]2)c2ccc[nH]2)c1F. The van der Waals surface area contributed by atoms with E-state index in [1.165, 1.54) is 7.11 Å². The van der Waals surface area contributed by atoms with Gasteiger partial charge in [0.15, 0.2) is 11.6 Å². The van der Waals surface area contributed by atoms with Crippen LogP contribution in [-0.4, -0.2) is 17.1 Å². The van der Waals surface area contributed by atoms with Gasteiger partial charge in [0, 0.05) is 29.3 Å². The summed E-state index contributed by atoms with van der Waals surface area (Å²) in [5.41, 5.74) is 2.44. The van der Waals surface area contributed by atoms with Crippen LogP contribution < -0.4 is 4.74 Å². The Labute approximate surface area is 116 Å². The molecule has 0 radical (unpaired) electrons. The molecule has 0 bridgehead atoms. The molecule has 2 aromatic heterocycles. The Bertz CT molecular complexity index is 640.